The third-order valence-electron chi connectivity index (χ3n) is 5.34. The number of fused-ring (bicyclic) bond motifs is 1. The van der Waals surface area contributed by atoms with Gasteiger partial charge in [-0.2, -0.15) is 13.2 Å². The van der Waals surface area contributed by atoms with Gasteiger partial charge in [0.15, 0.2) is 0 Å². The van der Waals surface area contributed by atoms with Gasteiger partial charge in [0.1, 0.15) is 5.82 Å². The number of hydrogen-bond acceptors (Lipinski definition) is 4. The van der Waals surface area contributed by atoms with Gasteiger partial charge in [0.2, 0.25) is 5.91 Å². The topological polar surface area (TPSA) is 59.2 Å². The molecular weight excluding hydrogens is 402 g/mol. The van der Waals surface area contributed by atoms with E-state index >= 15 is 0 Å². The Balaban J connectivity index is 1.60. The molecule has 0 spiro atoms. The molecule has 3 heterocycles. The van der Waals surface area contributed by atoms with Gasteiger partial charge in [0.25, 0.3) is 5.71 Å². The van der Waals surface area contributed by atoms with Crippen LogP contribution in [0.1, 0.15) is 41.3 Å². The molecule has 0 unspecified atom stereocenters. The van der Waals surface area contributed by atoms with Crippen LogP contribution in [-0.2, 0) is 17.4 Å². The minimum atomic E-state index is -4.57. The molecule has 1 atom stereocenters. The van der Waals surface area contributed by atoms with Crippen LogP contribution < -0.4 is 0 Å². The zero-order valence-electron chi connectivity index (χ0n) is 16.2. The molecule has 0 N–H and O–H groups in total. The maximum absolute atomic E-state index is 13.6. The molecule has 1 aliphatic rings. The van der Waals surface area contributed by atoms with Crippen molar-refractivity contribution in [1.29, 1.82) is 0 Å². The number of piperidine rings is 1. The highest BCUT2D eigenvalue weighted by molar-refractivity contribution is 5.82. The van der Waals surface area contributed by atoms with E-state index in [1.54, 1.807) is 17.0 Å². The zero-order chi connectivity index (χ0) is 21.5. The van der Waals surface area contributed by atoms with Crippen LogP contribution in [0.2, 0.25) is 0 Å². The van der Waals surface area contributed by atoms with Gasteiger partial charge in [-0.25, -0.2) is 9.37 Å². The molecular formula is C21H19F4N3O2. The Labute approximate surface area is 169 Å². The van der Waals surface area contributed by atoms with Crippen molar-refractivity contribution in [2.75, 3.05) is 13.1 Å². The minimum Gasteiger partial charge on any atom is -0.342 e. The van der Waals surface area contributed by atoms with Gasteiger partial charge in [0.05, 0.1) is 23.1 Å². The number of rotatable bonds is 3. The first-order valence-corrected chi connectivity index (χ1v) is 9.58. The van der Waals surface area contributed by atoms with Crippen molar-refractivity contribution in [1.82, 2.24) is 15.0 Å². The lowest BCUT2D eigenvalue weighted by atomic mass is 9.91. The first-order valence-electron chi connectivity index (χ1n) is 9.58. The first kappa shape index (κ1) is 20.3. The van der Waals surface area contributed by atoms with E-state index in [9.17, 15) is 22.4 Å². The lowest BCUT2D eigenvalue weighted by molar-refractivity contribution is -0.136. The van der Waals surface area contributed by atoms with E-state index in [-0.39, 0.29) is 53.1 Å². The lowest BCUT2D eigenvalue weighted by Gasteiger charge is -2.32. The fourth-order valence-electron chi connectivity index (χ4n) is 3.91. The zero-order valence-corrected chi connectivity index (χ0v) is 16.2. The quantitative estimate of drug-likeness (QED) is 0.579. The average molecular weight is 421 g/mol. The van der Waals surface area contributed by atoms with E-state index in [0.29, 0.717) is 24.9 Å². The van der Waals surface area contributed by atoms with Gasteiger partial charge >= 0.3 is 6.18 Å². The number of carbonyl (C=O) groups is 1. The molecule has 1 aromatic carbocycles. The number of amides is 1. The summed E-state index contributed by atoms with van der Waals surface area (Å²) in [5.74, 6) is -0.932. The highest BCUT2D eigenvalue weighted by atomic mass is 19.4. The van der Waals surface area contributed by atoms with E-state index in [2.05, 4.69) is 10.1 Å². The second-order valence-corrected chi connectivity index (χ2v) is 7.54. The maximum Gasteiger partial charge on any atom is 0.417 e. The number of benzene rings is 1. The summed E-state index contributed by atoms with van der Waals surface area (Å²) in [6.07, 6.45) is -3.25. The summed E-state index contributed by atoms with van der Waals surface area (Å²) >= 11 is 0. The lowest BCUT2D eigenvalue weighted by Crippen LogP contribution is -2.40. The average Bonchev–Trinajstić information content (AvgIpc) is 3.12. The van der Waals surface area contributed by atoms with E-state index in [1.165, 1.54) is 19.1 Å². The molecule has 1 fully saturated rings. The second-order valence-electron chi connectivity index (χ2n) is 7.54. The van der Waals surface area contributed by atoms with Gasteiger partial charge in [-0.1, -0.05) is 17.3 Å². The Morgan fingerprint density at radius 2 is 2.00 bits per heavy atom. The molecule has 1 amide bonds. The molecule has 1 aliphatic heterocycles. The second kappa shape index (κ2) is 7.70. The SMILES string of the molecule is Cc1cc(C(F)(F)F)c2c([C@H]3CCCN(C(=O)Cc4ccc(F)cc4)C3)noc2n1. The number of alkyl halides is 3. The Morgan fingerprint density at radius 3 is 2.70 bits per heavy atom. The molecule has 0 bridgehead atoms. The molecule has 0 saturated carbocycles. The van der Waals surface area contributed by atoms with Gasteiger partial charge in [-0.15, -0.1) is 0 Å². The number of halogens is 4. The molecule has 158 valence electrons. The molecule has 4 rings (SSSR count). The third kappa shape index (κ3) is 4.01. The Hall–Kier alpha value is -2.97. The number of pyridine rings is 1. The van der Waals surface area contributed by atoms with Gasteiger partial charge < -0.3 is 9.42 Å². The summed E-state index contributed by atoms with van der Waals surface area (Å²) in [7, 11) is 0. The summed E-state index contributed by atoms with van der Waals surface area (Å²) in [4.78, 5) is 18.4. The number of aryl methyl sites for hydroxylation is 1. The van der Waals surface area contributed by atoms with Crippen molar-refractivity contribution >= 4 is 17.0 Å². The largest absolute Gasteiger partial charge is 0.417 e. The molecule has 30 heavy (non-hydrogen) atoms. The van der Waals surface area contributed by atoms with Crippen molar-refractivity contribution in [3.8, 4) is 0 Å². The summed E-state index contributed by atoms with van der Waals surface area (Å²) in [5.41, 5.74) is 0.0823. The molecule has 9 heteroatoms. The van der Waals surface area contributed by atoms with Gasteiger partial charge in [-0.05, 0) is 43.5 Å². The van der Waals surface area contributed by atoms with Crippen LogP contribution in [-0.4, -0.2) is 34.0 Å². The number of likely N-dealkylation sites (tertiary alicyclic amines) is 1. The smallest absolute Gasteiger partial charge is 0.342 e. The number of nitrogens with zero attached hydrogens (tertiary/aromatic N) is 3. The number of carbonyl (C=O) groups excluding carboxylic acids is 1. The minimum absolute atomic E-state index is 0.0983. The Morgan fingerprint density at radius 1 is 1.27 bits per heavy atom. The number of hydrogen-bond donors (Lipinski definition) is 0. The van der Waals surface area contributed by atoms with Crippen LogP contribution in [0.3, 0.4) is 0 Å². The van der Waals surface area contributed by atoms with Crippen molar-refractivity contribution < 1.29 is 26.9 Å². The predicted octanol–water partition coefficient (Wildman–Crippen LogP) is 4.64. The molecule has 0 radical (unpaired) electrons. The molecule has 2 aromatic heterocycles. The Kier molecular flexibility index (Phi) is 5.21. The monoisotopic (exact) mass is 421 g/mol. The van der Waals surface area contributed by atoms with Gasteiger partial charge in [0, 0.05) is 24.7 Å². The predicted molar refractivity (Wildman–Crippen MR) is 100 cm³/mol. The van der Waals surface area contributed by atoms with E-state index in [4.69, 9.17) is 4.52 Å². The highest BCUT2D eigenvalue weighted by Gasteiger charge is 2.38. The standard InChI is InChI=1S/C21H19F4N3O2/c1-12-9-16(21(23,24)25)18-19(27-30-20(18)26-12)14-3-2-8-28(11-14)17(29)10-13-4-6-15(22)7-5-13/h4-7,9,14H,2-3,8,10-11H2,1H3/t14-/m0/s1. The van der Waals surface area contributed by atoms with E-state index in [0.717, 1.165) is 6.07 Å². The molecule has 5 nitrogen and oxygen atoms in total. The van der Waals surface area contributed by atoms with Crippen LogP contribution in [0.4, 0.5) is 17.6 Å². The van der Waals surface area contributed by atoms with Crippen LogP contribution in [0.25, 0.3) is 11.1 Å². The third-order valence-corrected chi connectivity index (χ3v) is 5.34. The van der Waals surface area contributed by atoms with Crippen molar-refractivity contribution in [2.24, 2.45) is 0 Å². The highest BCUT2D eigenvalue weighted by Crippen LogP contribution is 2.40. The molecule has 1 saturated heterocycles. The van der Waals surface area contributed by atoms with Crippen LogP contribution >= 0.6 is 0 Å². The Bertz CT molecular complexity index is 1080. The fourth-order valence-corrected chi connectivity index (χ4v) is 3.91. The summed E-state index contributed by atoms with van der Waals surface area (Å²) in [6.45, 7) is 2.22. The van der Waals surface area contributed by atoms with Crippen LogP contribution in [0.5, 0.6) is 0 Å². The summed E-state index contributed by atoms with van der Waals surface area (Å²) in [6, 6.07) is 6.66. The fraction of sp³-hybridized carbons (Fsp3) is 0.381. The van der Waals surface area contributed by atoms with Crippen molar-refractivity contribution in [3.05, 3.63) is 58.7 Å². The normalized spacial score (nSPS) is 17.5. The maximum atomic E-state index is 13.6. The van der Waals surface area contributed by atoms with Crippen LogP contribution in [0.15, 0.2) is 34.9 Å². The molecule has 0 aliphatic carbocycles. The summed E-state index contributed by atoms with van der Waals surface area (Å²) in [5, 5.41) is 3.77. The van der Waals surface area contributed by atoms with Crippen molar-refractivity contribution in [2.45, 2.75) is 38.3 Å². The summed E-state index contributed by atoms with van der Waals surface area (Å²) < 4.78 is 59.0. The van der Waals surface area contributed by atoms with Gasteiger partial charge in [-0.3, -0.25) is 4.79 Å². The van der Waals surface area contributed by atoms with Crippen LogP contribution in [0, 0.1) is 12.7 Å². The van der Waals surface area contributed by atoms with E-state index in [1.807, 2.05) is 0 Å². The number of aromatic nitrogens is 2. The first-order chi connectivity index (χ1) is 14.2. The van der Waals surface area contributed by atoms with Crippen molar-refractivity contribution in [3.63, 3.8) is 0 Å². The van der Waals surface area contributed by atoms with E-state index < -0.39 is 11.7 Å². The molecule has 3 aromatic rings.